The molecule has 180 valence electrons. The van der Waals surface area contributed by atoms with Gasteiger partial charge in [0.25, 0.3) is 17.7 Å². The molecule has 0 bridgehead atoms. The van der Waals surface area contributed by atoms with Crippen LogP contribution in [0.2, 0.25) is 0 Å². The second-order valence-electron chi connectivity index (χ2n) is 8.42. The number of likely N-dealkylation sites (N-methyl/N-ethyl adjacent to an activating group) is 1. The third-order valence-corrected chi connectivity index (χ3v) is 5.73. The van der Waals surface area contributed by atoms with Gasteiger partial charge in [-0.05, 0) is 48.0 Å². The van der Waals surface area contributed by atoms with Gasteiger partial charge in [-0.2, -0.15) is 0 Å². The third kappa shape index (κ3) is 5.08. The number of fused-ring (bicyclic) bond motifs is 1. The number of benzene rings is 2. The van der Waals surface area contributed by atoms with Gasteiger partial charge < -0.3 is 19.0 Å². The Balaban J connectivity index is 1.35. The number of carbonyl (C=O) groups is 4. The van der Waals surface area contributed by atoms with Crippen molar-refractivity contribution in [1.82, 2.24) is 9.80 Å². The van der Waals surface area contributed by atoms with Crippen molar-refractivity contribution in [3.63, 3.8) is 0 Å². The fourth-order valence-corrected chi connectivity index (χ4v) is 3.70. The highest BCUT2D eigenvalue weighted by molar-refractivity contribution is 6.21. The average Bonchev–Trinajstić information content (AvgIpc) is 3.45. The first kappa shape index (κ1) is 23.7. The Labute approximate surface area is 202 Å². The van der Waals surface area contributed by atoms with Crippen LogP contribution in [0.1, 0.15) is 42.4 Å². The maximum absolute atomic E-state index is 12.7. The number of imide groups is 1. The topological polar surface area (TPSA) is 100 Å². The monoisotopic (exact) mass is 475 g/mol. The predicted octanol–water partition coefficient (Wildman–Crippen LogP) is 2.96. The van der Waals surface area contributed by atoms with Crippen LogP contribution in [0.3, 0.4) is 0 Å². The lowest BCUT2D eigenvalue weighted by atomic mass is 10.1. The van der Waals surface area contributed by atoms with E-state index < -0.39 is 24.4 Å². The SMILES string of the molecule is CN(Cc1ccc(N(C)C)cc1)C(=O)COC(=O)c1ccc2c(c1)C(=O)N(Cc1ccco1)C2=O. The summed E-state index contributed by atoms with van der Waals surface area (Å²) in [7, 11) is 5.53. The molecule has 2 aromatic carbocycles. The standard InChI is InChI=1S/C26H25N3O6/c1-27(2)19-9-6-17(7-10-19)14-28(3)23(30)16-35-26(33)18-8-11-21-22(13-18)25(32)29(24(21)31)15-20-5-4-12-34-20/h4-13H,14-16H2,1-3H3. The van der Waals surface area contributed by atoms with Gasteiger partial charge in [-0.15, -0.1) is 0 Å². The summed E-state index contributed by atoms with van der Waals surface area (Å²) in [6, 6.07) is 15.3. The van der Waals surface area contributed by atoms with Crippen molar-refractivity contribution >= 4 is 29.4 Å². The van der Waals surface area contributed by atoms with Crippen molar-refractivity contribution < 1.29 is 28.3 Å². The normalized spacial score (nSPS) is 12.5. The first-order valence-corrected chi connectivity index (χ1v) is 10.9. The van der Waals surface area contributed by atoms with Crippen LogP contribution >= 0.6 is 0 Å². The van der Waals surface area contributed by atoms with Crippen molar-refractivity contribution in [3.8, 4) is 0 Å². The van der Waals surface area contributed by atoms with Crippen LogP contribution in [0.15, 0.2) is 65.3 Å². The van der Waals surface area contributed by atoms with Gasteiger partial charge >= 0.3 is 5.97 Å². The van der Waals surface area contributed by atoms with Crippen molar-refractivity contribution in [3.05, 3.63) is 88.9 Å². The molecule has 0 atom stereocenters. The molecule has 1 aliphatic heterocycles. The Hall–Kier alpha value is -4.40. The summed E-state index contributed by atoms with van der Waals surface area (Å²) in [5.41, 5.74) is 2.39. The number of rotatable bonds is 8. The lowest BCUT2D eigenvalue weighted by Gasteiger charge is -2.18. The van der Waals surface area contributed by atoms with Gasteiger partial charge in [0.1, 0.15) is 5.76 Å². The van der Waals surface area contributed by atoms with Gasteiger partial charge in [0.15, 0.2) is 6.61 Å². The molecule has 1 aliphatic rings. The fraction of sp³-hybridized carbons (Fsp3) is 0.231. The van der Waals surface area contributed by atoms with E-state index in [9.17, 15) is 19.2 Å². The Morgan fingerprint density at radius 2 is 1.66 bits per heavy atom. The maximum atomic E-state index is 12.7. The van der Waals surface area contributed by atoms with E-state index >= 15 is 0 Å². The van der Waals surface area contributed by atoms with E-state index in [1.54, 1.807) is 19.2 Å². The smallest absolute Gasteiger partial charge is 0.338 e. The molecule has 35 heavy (non-hydrogen) atoms. The van der Waals surface area contributed by atoms with Crippen LogP contribution in [0.25, 0.3) is 0 Å². The molecule has 0 unspecified atom stereocenters. The molecule has 0 N–H and O–H groups in total. The first-order chi connectivity index (χ1) is 16.7. The Morgan fingerprint density at radius 1 is 0.943 bits per heavy atom. The lowest BCUT2D eigenvalue weighted by Crippen LogP contribution is -2.30. The zero-order chi connectivity index (χ0) is 25.1. The van der Waals surface area contributed by atoms with E-state index in [0.29, 0.717) is 12.3 Å². The van der Waals surface area contributed by atoms with Crippen molar-refractivity contribution in [2.75, 3.05) is 32.6 Å². The Bertz CT molecular complexity index is 1260. The van der Waals surface area contributed by atoms with E-state index in [1.165, 1.54) is 29.4 Å². The zero-order valence-electron chi connectivity index (χ0n) is 19.7. The summed E-state index contributed by atoms with van der Waals surface area (Å²) >= 11 is 0. The van der Waals surface area contributed by atoms with Crippen LogP contribution in [0.4, 0.5) is 5.69 Å². The number of hydrogen-bond acceptors (Lipinski definition) is 7. The molecule has 0 saturated carbocycles. The van der Waals surface area contributed by atoms with Crippen molar-refractivity contribution in [2.24, 2.45) is 0 Å². The summed E-state index contributed by atoms with van der Waals surface area (Å²) in [6.07, 6.45) is 1.46. The molecule has 9 nitrogen and oxygen atoms in total. The number of ether oxygens (including phenoxy) is 1. The second-order valence-corrected chi connectivity index (χ2v) is 8.42. The number of hydrogen-bond donors (Lipinski definition) is 0. The zero-order valence-corrected chi connectivity index (χ0v) is 19.7. The van der Waals surface area contributed by atoms with Gasteiger partial charge in [0.2, 0.25) is 0 Å². The summed E-state index contributed by atoms with van der Waals surface area (Å²) in [6.45, 7) is -0.0808. The van der Waals surface area contributed by atoms with Crippen molar-refractivity contribution in [1.29, 1.82) is 0 Å². The molecule has 0 spiro atoms. The summed E-state index contributed by atoms with van der Waals surface area (Å²) in [5.74, 6) is -1.64. The maximum Gasteiger partial charge on any atom is 0.338 e. The van der Waals surface area contributed by atoms with Crippen molar-refractivity contribution in [2.45, 2.75) is 13.1 Å². The molecule has 2 heterocycles. The number of nitrogens with zero attached hydrogens (tertiary/aromatic N) is 3. The van der Waals surface area contributed by atoms with Crippen LogP contribution < -0.4 is 4.90 Å². The first-order valence-electron chi connectivity index (χ1n) is 10.9. The van der Waals surface area contributed by atoms with Gasteiger partial charge in [-0.1, -0.05) is 12.1 Å². The highest BCUT2D eigenvalue weighted by atomic mass is 16.5. The molecule has 3 amide bonds. The fourth-order valence-electron chi connectivity index (χ4n) is 3.70. The summed E-state index contributed by atoms with van der Waals surface area (Å²) in [4.78, 5) is 54.8. The van der Waals surface area contributed by atoms with E-state index in [4.69, 9.17) is 9.15 Å². The molecule has 0 radical (unpaired) electrons. The highest BCUT2D eigenvalue weighted by Crippen LogP contribution is 2.26. The minimum Gasteiger partial charge on any atom is -0.467 e. The highest BCUT2D eigenvalue weighted by Gasteiger charge is 2.36. The molecule has 0 aliphatic carbocycles. The molecule has 4 rings (SSSR count). The van der Waals surface area contributed by atoms with E-state index in [-0.39, 0.29) is 29.1 Å². The predicted molar refractivity (Wildman–Crippen MR) is 127 cm³/mol. The number of furan rings is 1. The Kier molecular flexibility index (Phi) is 6.68. The molecule has 3 aromatic rings. The lowest BCUT2D eigenvalue weighted by molar-refractivity contribution is -0.133. The summed E-state index contributed by atoms with van der Waals surface area (Å²) in [5, 5.41) is 0. The van der Waals surface area contributed by atoms with Gasteiger partial charge in [-0.25, -0.2) is 4.79 Å². The van der Waals surface area contributed by atoms with Gasteiger partial charge in [-0.3, -0.25) is 19.3 Å². The number of carbonyl (C=O) groups excluding carboxylic acids is 4. The summed E-state index contributed by atoms with van der Waals surface area (Å²) < 4.78 is 10.4. The number of anilines is 1. The molecule has 0 fully saturated rings. The molecular formula is C26H25N3O6. The minimum absolute atomic E-state index is 0.00215. The number of esters is 1. The largest absolute Gasteiger partial charge is 0.467 e. The molecule has 9 heteroatoms. The average molecular weight is 476 g/mol. The van der Waals surface area contributed by atoms with E-state index in [2.05, 4.69) is 0 Å². The van der Waals surface area contributed by atoms with Gasteiger partial charge in [0, 0.05) is 33.4 Å². The van der Waals surface area contributed by atoms with E-state index in [0.717, 1.165) is 16.2 Å². The molecule has 1 aromatic heterocycles. The number of amides is 3. The Morgan fingerprint density at radius 3 is 2.31 bits per heavy atom. The quantitative estimate of drug-likeness (QED) is 0.365. The van der Waals surface area contributed by atoms with E-state index in [1.807, 2.05) is 43.3 Å². The van der Waals surface area contributed by atoms with Crippen LogP contribution in [-0.4, -0.2) is 61.2 Å². The minimum atomic E-state index is -0.755. The second kappa shape index (κ2) is 9.84. The van der Waals surface area contributed by atoms with Crippen LogP contribution in [0, 0.1) is 0 Å². The van der Waals surface area contributed by atoms with Gasteiger partial charge in [0.05, 0.1) is 29.5 Å². The van der Waals surface area contributed by atoms with Crippen LogP contribution in [-0.2, 0) is 22.6 Å². The van der Waals surface area contributed by atoms with Crippen LogP contribution in [0.5, 0.6) is 0 Å². The molecule has 0 saturated heterocycles. The molecular weight excluding hydrogens is 450 g/mol. The third-order valence-electron chi connectivity index (χ3n) is 5.73.